The largest absolute Gasteiger partial charge is 0.507 e. The van der Waals surface area contributed by atoms with Crippen LogP contribution in [0, 0.1) is 6.92 Å². The maximum Gasteiger partial charge on any atom is 0.328 e. The molecule has 2 aromatic rings. The number of fused-ring (bicyclic) bond motifs is 2. The minimum Gasteiger partial charge on any atom is -0.507 e. The van der Waals surface area contributed by atoms with Crippen LogP contribution >= 0.6 is 0 Å². The summed E-state index contributed by atoms with van der Waals surface area (Å²) >= 11 is 0. The second-order valence-corrected chi connectivity index (χ2v) is 6.85. The lowest BCUT2D eigenvalue weighted by Crippen LogP contribution is -2.49. The molecule has 0 saturated carbocycles. The summed E-state index contributed by atoms with van der Waals surface area (Å²) in [7, 11) is 0. The van der Waals surface area contributed by atoms with Crippen LogP contribution in [0.4, 0.5) is 5.69 Å². The van der Waals surface area contributed by atoms with Gasteiger partial charge >= 0.3 is 5.97 Å². The Bertz CT molecular complexity index is 915. The Labute approximate surface area is 156 Å². The van der Waals surface area contributed by atoms with Crippen molar-refractivity contribution in [2.45, 2.75) is 26.5 Å². The fourth-order valence-corrected chi connectivity index (χ4v) is 2.98. The summed E-state index contributed by atoms with van der Waals surface area (Å²) in [4.78, 5) is 39.2. The van der Waals surface area contributed by atoms with Gasteiger partial charge in [0.15, 0.2) is 5.72 Å². The van der Waals surface area contributed by atoms with Gasteiger partial charge < -0.3 is 15.2 Å². The van der Waals surface area contributed by atoms with Crippen molar-refractivity contribution in [2.75, 3.05) is 11.4 Å². The van der Waals surface area contributed by atoms with Crippen molar-refractivity contribution in [3.63, 3.8) is 0 Å². The monoisotopic (exact) mass is 368 g/mol. The van der Waals surface area contributed by atoms with Crippen molar-refractivity contribution < 1.29 is 24.2 Å². The van der Waals surface area contributed by atoms with E-state index in [-0.39, 0.29) is 17.9 Å². The van der Waals surface area contributed by atoms with Crippen LogP contribution in [-0.2, 0) is 9.53 Å². The standard InChI is InChI=1S/C20H20N2O5/c1-12-6-4-9-15(23)17(12)19(26)22-11-16(24)27-20(2,3)21-18(25)13-7-5-8-14(22)10-13/h4-10,23H,11H2,1-3H3,(H,21,25). The zero-order valence-electron chi connectivity index (χ0n) is 15.3. The normalized spacial score (nSPS) is 16.3. The van der Waals surface area contributed by atoms with E-state index in [0.29, 0.717) is 16.8 Å². The summed E-state index contributed by atoms with van der Waals surface area (Å²) in [6.07, 6.45) is 0. The quantitative estimate of drug-likeness (QED) is 0.754. The van der Waals surface area contributed by atoms with E-state index in [4.69, 9.17) is 4.74 Å². The molecular formula is C20H20N2O5. The number of carbonyl (C=O) groups excluding carboxylic acids is 3. The maximum absolute atomic E-state index is 13.2. The fourth-order valence-electron chi connectivity index (χ4n) is 2.98. The van der Waals surface area contributed by atoms with Crippen LogP contribution in [0.5, 0.6) is 5.75 Å². The van der Waals surface area contributed by atoms with Gasteiger partial charge in [-0.2, -0.15) is 0 Å². The molecule has 0 fully saturated rings. The highest BCUT2D eigenvalue weighted by Crippen LogP contribution is 2.27. The summed E-state index contributed by atoms with van der Waals surface area (Å²) in [5, 5.41) is 12.8. The van der Waals surface area contributed by atoms with Crippen molar-refractivity contribution in [1.29, 1.82) is 0 Å². The molecule has 140 valence electrons. The van der Waals surface area contributed by atoms with Crippen LogP contribution in [0.1, 0.15) is 40.1 Å². The molecule has 2 N–H and O–H groups in total. The molecule has 1 aliphatic rings. The van der Waals surface area contributed by atoms with E-state index in [1.807, 2.05) is 0 Å². The number of rotatable bonds is 1. The van der Waals surface area contributed by atoms with Crippen LogP contribution in [0.2, 0.25) is 0 Å². The minimum absolute atomic E-state index is 0.0940. The Kier molecular flexibility index (Phi) is 4.61. The first-order valence-corrected chi connectivity index (χ1v) is 8.43. The molecule has 0 atom stereocenters. The van der Waals surface area contributed by atoms with E-state index in [9.17, 15) is 19.5 Å². The summed E-state index contributed by atoms with van der Waals surface area (Å²) in [5.41, 5.74) is 0.106. The van der Waals surface area contributed by atoms with Crippen molar-refractivity contribution in [2.24, 2.45) is 0 Å². The van der Waals surface area contributed by atoms with Crippen LogP contribution < -0.4 is 10.2 Å². The molecule has 1 aliphatic heterocycles. The Hall–Kier alpha value is -3.35. The number of aromatic hydroxyl groups is 1. The lowest BCUT2D eigenvalue weighted by Gasteiger charge is -2.30. The molecule has 7 heteroatoms. The van der Waals surface area contributed by atoms with Crippen molar-refractivity contribution >= 4 is 23.5 Å². The summed E-state index contributed by atoms with van der Waals surface area (Å²) < 4.78 is 5.32. The van der Waals surface area contributed by atoms with E-state index in [1.54, 1.807) is 51.1 Å². The number of phenols is 1. The third-order valence-electron chi connectivity index (χ3n) is 4.20. The highest BCUT2D eigenvalue weighted by Gasteiger charge is 2.31. The molecule has 2 bridgehead atoms. The molecule has 7 nitrogen and oxygen atoms in total. The molecule has 0 spiro atoms. The van der Waals surface area contributed by atoms with Gasteiger partial charge in [0, 0.05) is 11.3 Å². The average Bonchev–Trinajstić information content (AvgIpc) is 2.58. The van der Waals surface area contributed by atoms with Gasteiger partial charge in [0.05, 0.1) is 5.56 Å². The number of aryl methyl sites for hydroxylation is 1. The number of phenolic OH excluding ortho intramolecular Hbond substituents is 1. The molecule has 2 aromatic carbocycles. The maximum atomic E-state index is 13.2. The molecule has 0 radical (unpaired) electrons. The molecule has 27 heavy (non-hydrogen) atoms. The van der Waals surface area contributed by atoms with E-state index < -0.39 is 23.5 Å². The molecule has 0 unspecified atom stereocenters. The van der Waals surface area contributed by atoms with E-state index in [2.05, 4.69) is 5.32 Å². The van der Waals surface area contributed by atoms with E-state index >= 15 is 0 Å². The Morgan fingerprint density at radius 3 is 2.59 bits per heavy atom. The molecule has 2 amide bonds. The predicted octanol–water partition coefficient (Wildman–Crippen LogP) is 2.37. The summed E-state index contributed by atoms with van der Waals surface area (Å²) in [6, 6.07) is 11.1. The first-order valence-electron chi connectivity index (χ1n) is 8.43. The van der Waals surface area contributed by atoms with E-state index in [1.165, 1.54) is 17.0 Å². The van der Waals surface area contributed by atoms with Crippen molar-refractivity contribution in [3.8, 4) is 5.75 Å². The number of esters is 1. The Morgan fingerprint density at radius 1 is 1.19 bits per heavy atom. The van der Waals surface area contributed by atoms with Crippen molar-refractivity contribution in [1.82, 2.24) is 5.32 Å². The lowest BCUT2D eigenvalue weighted by atomic mass is 10.1. The number of nitrogens with zero attached hydrogens (tertiary/aromatic N) is 1. The first kappa shape index (κ1) is 18.4. The second-order valence-electron chi connectivity index (χ2n) is 6.85. The van der Waals surface area contributed by atoms with Gasteiger partial charge in [0.25, 0.3) is 11.8 Å². The predicted molar refractivity (Wildman–Crippen MR) is 98.6 cm³/mol. The number of carbonyl (C=O) groups is 3. The Balaban J connectivity index is 2.12. The smallest absolute Gasteiger partial charge is 0.328 e. The van der Waals surface area contributed by atoms with Gasteiger partial charge in [-0.15, -0.1) is 0 Å². The molecule has 0 aliphatic carbocycles. The fraction of sp³-hybridized carbons (Fsp3) is 0.250. The van der Waals surface area contributed by atoms with Gasteiger partial charge in [-0.05, 0) is 50.6 Å². The molecule has 3 rings (SSSR count). The number of hydrogen-bond acceptors (Lipinski definition) is 5. The molecular weight excluding hydrogens is 348 g/mol. The van der Waals surface area contributed by atoms with Gasteiger partial charge in [0.1, 0.15) is 12.3 Å². The lowest BCUT2D eigenvalue weighted by molar-refractivity contribution is -0.156. The average molecular weight is 368 g/mol. The van der Waals surface area contributed by atoms with Gasteiger partial charge in [-0.1, -0.05) is 18.2 Å². The third-order valence-corrected chi connectivity index (χ3v) is 4.20. The highest BCUT2D eigenvalue weighted by molar-refractivity contribution is 6.11. The Morgan fingerprint density at radius 2 is 1.89 bits per heavy atom. The summed E-state index contributed by atoms with van der Waals surface area (Å²) in [6.45, 7) is 4.43. The van der Waals surface area contributed by atoms with Crippen LogP contribution in [0.25, 0.3) is 0 Å². The SMILES string of the molecule is Cc1cccc(O)c1C(=O)N1CC(=O)OC(C)(C)NC(=O)c2cccc1c2. The summed E-state index contributed by atoms with van der Waals surface area (Å²) in [5.74, 6) is -1.85. The van der Waals surface area contributed by atoms with Gasteiger partial charge in [-0.25, -0.2) is 0 Å². The number of anilines is 1. The van der Waals surface area contributed by atoms with Crippen molar-refractivity contribution in [3.05, 3.63) is 59.2 Å². The number of cyclic esters (lactones) is 1. The number of nitrogens with one attached hydrogen (secondary N) is 1. The third kappa shape index (κ3) is 3.76. The van der Waals surface area contributed by atoms with Gasteiger partial charge in [0.2, 0.25) is 0 Å². The molecule has 0 aromatic heterocycles. The van der Waals surface area contributed by atoms with Gasteiger partial charge in [-0.3, -0.25) is 19.3 Å². The topological polar surface area (TPSA) is 95.9 Å². The number of amides is 2. The van der Waals surface area contributed by atoms with Crippen LogP contribution in [-0.4, -0.2) is 35.2 Å². The zero-order valence-corrected chi connectivity index (χ0v) is 15.3. The number of benzene rings is 2. The van der Waals surface area contributed by atoms with E-state index in [0.717, 1.165) is 0 Å². The minimum atomic E-state index is -1.24. The number of ether oxygens (including phenoxy) is 1. The second kappa shape index (κ2) is 6.75. The zero-order chi connectivity index (χ0) is 19.8. The highest BCUT2D eigenvalue weighted by atomic mass is 16.6. The van der Waals surface area contributed by atoms with Crippen LogP contribution in [0.15, 0.2) is 42.5 Å². The number of hydrogen-bond donors (Lipinski definition) is 2. The first-order chi connectivity index (χ1) is 12.7. The molecule has 1 heterocycles. The molecule has 0 saturated heterocycles. The van der Waals surface area contributed by atoms with Crippen LogP contribution in [0.3, 0.4) is 0 Å².